The average Bonchev–Trinajstić information content (AvgIpc) is 3.37. The molecule has 33 heavy (non-hydrogen) atoms. The number of carbonyl (C=O) groups is 2. The number of amides is 1. The molecule has 0 radical (unpaired) electrons. The molecular weight excluding hydrogens is 456 g/mol. The largest absolute Gasteiger partial charge is 0.465 e. The smallest absolute Gasteiger partial charge is 0.341 e. The van der Waals surface area contributed by atoms with Crippen LogP contribution in [0.15, 0.2) is 35.5 Å². The number of rotatable bonds is 5. The quantitative estimate of drug-likeness (QED) is 0.323. The third kappa shape index (κ3) is 4.00. The fourth-order valence-electron chi connectivity index (χ4n) is 4.42. The molecule has 0 saturated carbocycles. The lowest BCUT2D eigenvalue weighted by Gasteiger charge is -2.18. The number of nitrogens with one attached hydrogen (secondary N) is 1. The van der Waals surface area contributed by atoms with Crippen molar-refractivity contribution in [3.63, 3.8) is 0 Å². The van der Waals surface area contributed by atoms with Gasteiger partial charge in [-0.2, -0.15) is 0 Å². The van der Waals surface area contributed by atoms with Crippen molar-refractivity contribution in [2.75, 3.05) is 18.2 Å². The van der Waals surface area contributed by atoms with Crippen LogP contribution in [0.5, 0.6) is 0 Å². The zero-order valence-electron chi connectivity index (χ0n) is 18.7. The van der Waals surface area contributed by atoms with E-state index in [1.807, 2.05) is 28.7 Å². The topological polar surface area (TPSA) is 85.6 Å². The van der Waals surface area contributed by atoms with Gasteiger partial charge in [0.2, 0.25) is 5.91 Å². The number of thioether (sulfide) groups is 1. The second-order valence-corrected chi connectivity index (χ2v) is 10.5. The minimum atomic E-state index is -0.393. The number of thiophene rings is 1. The number of benzene rings is 1. The number of pyridine rings is 1. The van der Waals surface area contributed by atoms with Crippen LogP contribution in [-0.4, -0.2) is 39.3 Å². The van der Waals surface area contributed by atoms with Gasteiger partial charge >= 0.3 is 5.97 Å². The van der Waals surface area contributed by atoms with Crippen LogP contribution in [0.3, 0.4) is 0 Å². The summed E-state index contributed by atoms with van der Waals surface area (Å²) in [6, 6.07) is 10.1. The Balaban J connectivity index is 1.38. The predicted octanol–water partition coefficient (Wildman–Crippen LogP) is 4.89. The van der Waals surface area contributed by atoms with Crippen LogP contribution in [0.4, 0.5) is 5.00 Å². The summed E-state index contributed by atoms with van der Waals surface area (Å²) in [5.41, 5.74) is 4.43. The van der Waals surface area contributed by atoms with Crippen molar-refractivity contribution in [2.24, 2.45) is 5.92 Å². The van der Waals surface area contributed by atoms with Gasteiger partial charge < -0.3 is 10.1 Å². The molecule has 1 aromatic carbocycles. The second kappa shape index (κ2) is 8.79. The number of aromatic nitrogens is 3. The van der Waals surface area contributed by atoms with Crippen molar-refractivity contribution < 1.29 is 14.3 Å². The standard InChI is InChI=1S/C24H24N4O3S2/c1-13-8-9-16-18(10-13)33-22(21(16)23(30)31-3)25-20(29)12-32-24-27-26-19-11-14(2)15-6-4-5-7-17(15)28(19)24/h4-7,11,13H,8-10,12H2,1-3H3,(H,25,29). The number of methoxy groups -OCH3 is 1. The number of esters is 1. The van der Waals surface area contributed by atoms with Gasteiger partial charge in [0, 0.05) is 10.3 Å². The SMILES string of the molecule is COC(=O)c1c(NC(=O)CSc2nnc3cc(C)c4ccccc4n23)sc2c1CCC(C)C2. The molecule has 0 bridgehead atoms. The van der Waals surface area contributed by atoms with Crippen LogP contribution in [0.2, 0.25) is 0 Å². The summed E-state index contributed by atoms with van der Waals surface area (Å²) in [6.07, 6.45) is 2.79. The molecule has 1 N–H and O–H groups in total. The Bertz CT molecular complexity index is 1390. The first-order valence-corrected chi connectivity index (χ1v) is 12.7. The fraction of sp³-hybridized carbons (Fsp3) is 0.333. The highest BCUT2D eigenvalue weighted by molar-refractivity contribution is 7.99. The van der Waals surface area contributed by atoms with Gasteiger partial charge in [-0.05, 0) is 55.4 Å². The highest BCUT2D eigenvalue weighted by Gasteiger charge is 2.29. The number of fused-ring (bicyclic) bond motifs is 4. The van der Waals surface area contributed by atoms with E-state index in [1.165, 1.54) is 35.1 Å². The maximum atomic E-state index is 12.9. The van der Waals surface area contributed by atoms with Gasteiger partial charge in [-0.3, -0.25) is 9.20 Å². The second-order valence-electron chi connectivity index (χ2n) is 8.41. The Morgan fingerprint density at radius 2 is 2.12 bits per heavy atom. The van der Waals surface area contributed by atoms with E-state index in [-0.39, 0.29) is 11.7 Å². The first-order chi connectivity index (χ1) is 16.0. The summed E-state index contributed by atoms with van der Waals surface area (Å²) in [7, 11) is 1.38. The Morgan fingerprint density at radius 3 is 2.94 bits per heavy atom. The molecule has 0 spiro atoms. The molecule has 1 atom stereocenters. The molecule has 4 aromatic rings. The summed E-state index contributed by atoms with van der Waals surface area (Å²) >= 11 is 2.82. The normalized spacial score (nSPS) is 15.5. The van der Waals surface area contributed by atoms with Gasteiger partial charge in [0.05, 0.1) is 23.9 Å². The number of carbonyl (C=O) groups excluding carboxylic acids is 2. The van der Waals surface area contributed by atoms with Crippen LogP contribution < -0.4 is 5.32 Å². The van der Waals surface area contributed by atoms with Crippen molar-refractivity contribution in [2.45, 2.75) is 38.3 Å². The van der Waals surface area contributed by atoms with E-state index in [9.17, 15) is 9.59 Å². The number of nitrogens with zero attached hydrogens (tertiary/aromatic N) is 3. The first kappa shape index (κ1) is 21.9. The predicted molar refractivity (Wildman–Crippen MR) is 131 cm³/mol. The van der Waals surface area contributed by atoms with Gasteiger partial charge in [0.1, 0.15) is 5.00 Å². The van der Waals surface area contributed by atoms with Gasteiger partial charge in [-0.1, -0.05) is 36.9 Å². The molecule has 9 heteroatoms. The van der Waals surface area contributed by atoms with Crippen LogP contribution >= 0.6 is 23.1 Å². The summed E-state index contributed by atoms with van der Waals surface area (Å²) < 4.78 is 6.99. The Hall–Kier alpha value is -2.91. The highest BCUT2D eigenvalue weighted by atomic mass is 32.2. The minimum absolute atomic E-state index is 0.155. The molecule has 0 saturated heterocycles. The lowest BCUT2D eigenvalue weighted by Crippen LogP contribution is -2.17. The number of aryl methyl sites for hydroxylation is 1. The van der Waals surface area contributed by atoms with E-state index < -0.39 is 5.97 Å². The first-order valence-electron chi connectivity index (χ1n) is 10.8. The van der Waals surface area contributed by atoms with Gasteiger partial charge in [-0.25, -0.2) is 4.79 Å². The van der Waals surface area contributed by atoms with Crippen LogP contribution in [0, 0.1) is 12.8 Å². The third-order valence-corrected chi connectivity index (χ3v) is 8.16. The van der Waals surface area contributed by atoms with E-state index in [0.717, 1.165) is 46.9 Å². The zero-order valence-corrected chi connectivity index (χ0v) is 20.3. The summed E-state index contributed by atoms with van der Waals surface area (Å²) in [5, 5.41) is 13.9. The van der Waals surface area contributed by atoms with Crippen LogP contribution in [0.25, 0.3) is 16.6 Å². The summed E-state index contributed by atoms with van der Waals surface area (Å²) in [4.78, 5) is 26.5. The number of hydrogen-bond donors (Lipinski definition) is 1. The van der Waals surface area contributed by atoms with Crippen molar-refractivity contribution in [1.29, 1.82) is 0 Å². The fourth-order valence-corrected chi connectivity index (χ4v) is 6.58. The molecule has 0 aliphatic heterocycles. The van der Waals surface area contributed by atoms with Crippen molar-refractivity contribution >= 4 is 56.5 Å². The maximum absolute atomic E-state index is 12.9. The number of anilines is 1. The van der Waals surface area contributed by atoms with E-state index in [0.29, 0.717) is 21.6 Å². The minimum Gasteiger partial charge on any atom is -0.465 e. The Morgan fingerprint density at radius 1 is 1.30 bits per heavy atom. The van der Waals surface area contributed by atoms with Crippen molar-refractivity contribution in [3.05, 3.63) is 51.9 Å². The highest BCUT2D eigenvalue weighted by Crippen LogP contribution is 2.40. The molecule has 3 aromatic heterocycles. The average molecular weight is 481 g/mol. The van der Waals surface area contributed by atoms with E-state index in [1.54, 1.807) is 0 Å². The van der Waals surface area contributed by atoms with E-state index in [4.69, 9.17) is 4.74 Å². The summed E-state index contributed by atoms with van der Waals surface area (Å²) in [6.45, 7) is 4.26. The lowest BCUT2D eigenvalue weighted by atomic mass is 9.88. The Kier molecular flexibility index (Phi) is 5.84. The van der Waals surface area contributed by atoms with E-state index in [2.05, 4.69) is 35.4 Å². The molecule has 5 rings (SSSR count). The lowest BCUT2D eigenvalue weighted by molar-refractivity contribution is -0.113. The molecule has 7 nitrogen and oxygen atoms in total. The molecule has 1 unspecified atom stereocenters. The molecule has 1 aliphatic rings. The molecule has 0 fully saturated rings. The van der Waals surface area contributed by atoms with Crippen molar-refractivity contribution in [1.82, 2.24) is 14.6 Å². The molecule has 1 amide bonds. The number of ether oxygens (including phenoxy) is 1. The summed E-state index contributed by atoms with van der Waals surface area (Å²) in [5.74, 6) is 0.142. The van der Waals surface area contributed by atoms with Crippen LogP contribution in [-0.2, 0) is 22.4 Å². The Labute approximate surface area is 199 Å². The van der Waals surface area contributed by atoms with E-state index >= 15 is 0 Å². The molecule has 170 valence electrons. The molecule has 3 heterocycles. The number of para-hydroxylation sites is 1. The van der Waals surface area contributed by atoms with Gasteiger partial charge in [-0.15, -0.1) is 21.5 Å². The van der Waals surface area contributed by atoms with Gasteiger partial charge in [0.25, 0.3) is 0 Å². The zero-order chi connectivity index (χ0) is 23.1. The third-order valence-electron chi connectivity index (χ3n) is 6.06. The van der Waals surface area contributed by atoms with Crippen molar-refractivity contribution in [3.8, 4) is 0 Å². The van der Waals surface area contributed by atoms with Gasteiger partial charge in [0.15, 0.2) is 10.8 Å². The monoisotopic (exact) mass is 480 g/mol. The molecule has 1 aliphatic carbocycles. The molecular formula is C24H24N4O3S2. The number of hydrogen-bond acceptors (Lipinski definition) is 7. The maximum Gasteiger partial charge on any atom is 0.341 e. The van der Waals surface area contributed by atoms with Crippen LogP contribution in [0.1, 0.15) is 39.7 Å².